The fourth-order valence-electron chi connectivity index (χ4n) is 1.39. The number of aryl methyl sites for hydroxylation is 1. The summed E-state index contributed by atoms with van der Waals surface area (Å²) in [5, 5.41) is 10.8. The van der Waals surface area contributed by atoms with Crippen molar-refractivity contribution in [3.8, 4) is 0 Å². The van der Waals surface area contributed by atoms with Crippen LogP contribution in [0.3, 0.4) is 0 Å². The van der Waals surface area contributed by atoms with Crippen LogP contribution in [0, 0.1) is 5.92 Å². The van der Waals surface area contributed by atoms with Crippen LogP contribution in [0.25, 0.3) is 0 Å². The van der Waals surface area contributed by atoms with Gasteiger partial charge in [-0.2, -0.15) is 0 Å². The number of esters is 1. The third-order valence-electron chi connectivity index (χ3n) is 2.41. The van der Waals surface area contributed by atoms with Gasteiger partial charge in [0.25, 0.3) is 0 Å². The molecule has 1 aromatic rings. The Balaban J connectivity index is 2.57. The molecule has 0 radical (unpaired) electrons. The largest absolute Gasteiger partial charge is 0.468 e. The van der Waals surface area contributed by atoms with E-state index in [1.54, 1.807) is 6.33 Å². The predicted octanol–water partition coefficient (Wildman–Crippen LogP) is 0.102. The summed E-state index contributed by atoms with van der Waals surface area (Å²) in [6.07, 6.45) is 1.62. The molecule has 16 heavy (non-hydrogen) atoms. The van der Waals surface area contributed by atoms with Crippen molar-refractivity contribution < 1.29 is 9.53 Å². The predicted molar refractivity (Wildman–Crippen MR) is 58.5 cm³/mol. The van der Waals surface area contributed by atoms with Crippen LogP contribution in [0.1, 0.15) is 19.7 Å². The highest BCUT2D eigenvalue weighted by Gasteiger charge is 2.22. The number of aromatic nitrogens is 3. The SMILES string of the molecule is COC(=O)C(NCc1nncn1C)C(C)C. The molecule has 1 rings (SSSR count). The summed E-state index contributed by atoms with van der Waals surface area (Å²) >= 11 is 0. The van der Waals surface area contributed by atoms with Gasteiger partial charge in [-0.3, -0.25) is 10.1 Å². The lowest BCUT2D eigenvalue weighted by Gasteiger charge is -2.19. The van der Waals surface area contributed by atoms with Crippen molar-refractivity contribution in [2.24, 2.45) is 13.0 Å². The Kier molecular flexibility index (Phi) is 4.42. The summed E-state index contributed by atoms with van der Waals surface area (Å²) in [5.41, 5.74) is 0. The molecule has 6 heteroatoms. The number of methoxy groups -OCH3 is 1. The van der Waals surface area contributed by atoms with Gasteiger partial charge in [-0.1, -0.05) is 13.8 Å². The third-order valence-corrected chi connectivity index (χ3v) is 2.41. The zero-order chi connectivity index (χ0) is 12.1. The molecule has 0 bridgehead atoms. The second kappa shape index (κ2) is 5.60. The zero-order valence-electron chi connectivity index (χ0n) is 10.1. The van der Waals surface area contributed by atoms with E-state index < -0.39 is 0 Å². The molecule has 0 amide bonds. The number of rotatable bonds is 5. The highest BCUT2D eigenvalue weighted by Crippen LogP contribution is 2.04. The summed E-state index contributed by atoms with van der Waals surface area (Å²) in [4.78, 5) is 11.5. The molecule has 0 fully saturated rings. The second-order valence-electron chi connectivity index (χ2n) is 3.98. The number of hydrogen-bond acceptors (Lipinski definition) is 5. The minimum atomic E-state index is -0.318. The van der Waals surface area contributed by atoms with Crippen molar-refractivity contribution in [2.75, 3.05) is 7.11 Å². The lowest BCUT2D eigenvalue weighted by atomic mass is 10.0. The molecule has 1 atom stereocenters. The minimum absolute atomic E-state index is 0.167. The Morgan fingerprint density at radius 2 is 2.31 bits per heavy atom. The van der Waals surface area contributed by atoms with Crippen LogP contribution >= 0.6 is 0 Å². The Morgan fingerprint density at radius 1 is 1.62 bits per heavy atom. The molecule has 1 heterocycles. The Morgan fingerprint density at radius 3 is 2.75 bits per heavy atom. The molecular formula is C10H18N4O2. The molecule has 0 spiro atoms. The number of carbonyl (C=O) groups excluding carboxylic acids is 1. The van der Waals surface area contributed by atoms with E-state index >= 15 is 0 Å². The Labute approximate surface area is 95.0 Å². The minimum Gasteiger partial charge on any atom is -0.468 e. The maximum absolute atomic E-state index is 11.5. The summed E-state index contributed by atoms with van der Waals surface area (Å²) in [6, 6.07) is -0.318. The summed E-state index contributed by atoms with van der Waals surface area (Å²) in [6.45, 7) is 4.42. The topological polar surface area (TPSA) is 69.0 Å². The van der Waals surface area contributed by atoms with E-state index in [4.69, 9.17) is 4.74 Å². The van der Waals surface area contributed by atoms with Crippen molar-refractivity contribution in [1.82, 2.24) is 20.1 Å². The van der Waals surface area contributed by atoms with Crippen LogP contribution in [0.5, 0.6) is 0 Å². The standard InChI is InChI=1S/C10H18N4O2/c1-7(2)9(10(15)16-4)11-5-8-13-12-6-14(8)3/h6-7,9,11H,5H2,1-4H3. The lowest BCUT2D eigenvalue weighted by Crippen LogP contribution is -2.41. The Bertz CT molecular complexity index is 348. The van der Waals surface area contributed by atoms with E-state index in [0.717, 1.165) is 5.82 Å². The molecular weight excluding hydrogens is 208 g/mol. The van der Waals surface area contributed by atoms with Crippen molar-refractivity contribution in [1.29, 1.82) is 0 Å². The summed E-state index contributed by atoms with van der Waals surface area (Å²) in [7, 11) is 3.25. The number of nitrogens with one attached hydrogen (secondary N) is 1. The molecule has 1 aromatic heterocycles. The van der Waals surface area contributed by atoms with Crippen LogP contribution in [0.2, 0.25) is 0 Å². The Hall–Kier alpha value is -1.43. The van der Waals surface area contributed by atoms with Crippen molar-refractivity contribution in [2.45, 2.75) is 26.4 Å². The molecule has 0 aliphatic heterocycles. The number of hydrogen-bond donors (Lipinski definition) is 1. The summed E-state index contributed by atoms with van der Waals surface area (Å²) < 4.78 is 6.54. The van der Waals surface area contributed by atoms with E-state index in [0.29, 0.717) is 6.54 Å². The number of ether oxygens (including phenoxy) is 1. The van der Waals surface area contributed by atoms with Crippen molar-refractivity contribution in [3.05, 3.63) is 12.2 Å². The fourth-order valence-corrected chi connectivity index (χ4v) is 1.39. The quantitative estimate of drug-likeness (QED) is 0.721. The van der Waals surface area contributed by atoms with Gasteiger partial charge in [-0.15, -0.1) is 10.2 Å². The molecule has 1 unspecified atom stereocenters. The monoisotopic (exact) mass is 226 g/mol. The van der Waals surface area contributed by atoms with Gasteiger partial charge < -0.3 is 9.30 Å². The maximum atomic E-state index is 11.5. The molecule has 0 aliphatic carbocycles. The summed E-state index contributed by atoms with van der Waals surface area (Å²) in [5.74, 6) is 0.701. The van der Waals surface area contributed by atoms with Gasteiger partial charge in [-0.05, 0) is 5.92 Å². The molecule has 6 nitrogen and oxygen atoms in total. The van der Waals surface area contributed by atoms with Gasteiger partial charge in [0.2, 0.25) is 0 Å². The van der Waals surface area contributed by atoms with Gasteiger partial charge in [0, 0.05) is 7.05 Å². The number of carbonyl (C=O) groups is 1. The van der Waals surface area contributed by atoms with E-state index in [-0.39, 0.29) is 17.9 Å². The zero-order valence-corrected chi connectivity index (χ0v) is 10.1. The highest BCUT2D eigenvalue weighted by molar-refractivity contribution is 5.75. The first-order chi connectivity index (χ1) is 7.56. The van der Waals surface area contributed by atoms with E-state index in [1.807, 2.05) is 25.5 Å². The fraction of sp³-hybridized carbons (Fsp3) is 0.700. The van der Waals surface area contributed by atoms with Gasteiger partial charge in [-0.25, -0.2) is 0 Å². The molecule has 0 aromatic carbocycles. The lowest BCUT2D eigenvalue weighted by molar-refractivity contribution is -0.144. The second-order valence-corrected chi connectivity index (χ2v) is 3.98. The van der Waals surface area contributed by atoms with Crippen LogP contribution in [-0.2, 0) is 23.1 Å². The first kappa shape index (κ1) is 12.6. The molecule has 90 valence electrons. The first-order valence-electron chi connectivity index (χ1n) is 5.20. The average molecular weight is 226 g/mol. The maximum Gasteiger partial charge on any atom is 0.323 e. The van der Waals surface area contributed by atoms with E-state index in [9.17, 15) is 4.79 Å². The average Bonchev–Trinajstić information content (AvgIpc) is 2.64. The van der Waals surface area contributed by atoms with Crippen LogP contribution in [0.15, 0.2) is 6.33 Å². The van der Waals surface area contributed by atoms with Crippen molar-refractivity contribution in [3.63, 3.8) is 0 Å². The van der Waals surface area contributed by atoms with Crippen LogP contribution in [0.4, 0.5) is 0 Å². The van der Waals surface area contributed by atoms with Gasteiger partial charge in [0.15, 0.2) is 0 Å². The smallest absolute Gasteiger partial charge is 0.323 e. The number of nitrogens with zero attached hydrogens (tertiary/aromatic N) is 3. The molecule has 0 saturated carbocycles. The van der Waals surface area contributed by atoms with Gasteiger partial charge >= 0.3 is 5.97 Å². The molecule has 0 saturated heterocycles. The van der Waals surface area contributed by atoms with Crippen LogP contribution in [-0.4, -0.2) is 33.9 Å². The first-order valence-corrected chi connectivity index (χ1v) is 5.20. The highest BCUT2D eigenvalue weighted by atomic mass is 16.5. The molecule has 1 N–H and O–H groups in total. The normalized spacial score (nSPS) is 12.8. The van der Waals surface area contributed by atoms with Gasteiger partial charge in [0.1, 0.15) is 18.2 Å². The van der Waals surface area contributed by atoms with Crippen LogP contribution < -0.4 is 5.32 Å². The molecule has 0 aliphatic rings. The van der Waals surface area contributed by atoms with Gasteiger partial charge in [0.05, 0.1) is 13.7 Å². The third kappa shape index (κ3) is 3.03. The van der Waals surface area contributed by atoms with Crippen molar-refractivity contribution >= 4 is 5.97 Å². The van der Waals surface area contributed by atoms with E-state index in [1.165, 1.54) is 7.11 Å². The van der Waals surface area contributed by atoms with E-state index in [2.05, 4.69) is 15.5 Å².